The molecule has 3 rings (SSSR count). The molecular weight excluding hydrogens is 308 g/mol. The van der Waals surface area contributed by atoms with Crippen molar-refractivity contribution in [2.45, 2.75) is 13.0 Å². The summed E-state index contributed by atoms with van der Waals surface area (Å²) < 4.78 is 16.2. The van der Waals surface area contributed by atoms with Crippen molar-refractivity contribution in [2.75, 3.05) is 6.26 Å². The standard InChI is InChI=1S/C18H20N2O2S/c1-12-8-9-13(10-17(12)19-23(3)22)16-11-20(2)18(21)15-7-5-4-6-14(15)16/h4-12,17,19H,1-3H3. The third kappa shape index (κ3) is 3.07. The maximum atomic E-state index is 12.3. The predicted molar refractivity (Wildman–Crippen MR) is 96.5 cm³/mol. The molecule has 0 aliphatic heterocycles. The van der Waals surface area contributed by atoms with E-state index in [4.69, 9.17) is 0 Å². The third-order valence-electron chi connectivity index (χ3n) is 4.21. The number of nitrogens with zero attached hydrogens (tertiary/aromatic N) is 1. The molecule has 0 bridgehead atoms. The molecule has 0 saturated carbocycles. The summed E-state index contributed by atoms with van der Waals surface area (Å²) in [5, 5.41) is 1.65. The molecule has 0 amide bonds. The van der Waals surface area contributed by atoms with Crippen LogP contribution in [0, 0.1) is 5.92 Å². The Labute approximate surface area is 138 Å². The predicted octanol–water partition coefficient (Wildman–Crippen LogP) is 2.38. The molecule has 1 aromatic carbocycles. The van der Waals surface area contributed by atoms with E-state index in [0.717, 1.165) is 16.5 Å². The quantitative estimate of drug-likeness (QED) is 0.940. The van der Waals surface area contributed by atoms with Crippen LogP contribution < -0.4 is 10.3 Å². The second-order valence-electron chi connectivity index (χ2n) is 5.94. The maximum Gasteiger partial charge on any atom is 0.258 e. The van der Waals surface area contributed by atoms with Gasteiger partial charge in [-0.05, 0) is 22.9 Å². The zero-order chi connectivity index (χ0) is 16.6. The molecule has 3 unspecified atom stereocenters. The second-order valence-corrected chi connectivity index (χ2v) is 7.09. The zero-order valence-corrected chi connectivity index (χ0v) is 14.3. The number of pyridine rings is 1. The first kappa shape index (κ1) is 15.9. The lowest BCUT2D eigenvalue weighted by molar-refractivity contribution is 0.578. The Morgan fingerprint density at radius 3 is 2.61 bits per heavy atom. The van der Waals surface area contributed by atoms with Gasteiger partial charge < -0.3 is 4.57 Å². The van der Waals surface area contributed by atoms with Gasteiger partial charge in [-0.3, -0.25) is 4.79 Å². The summed E-state index contributed by atoms with van der Waals surface area (Å²) in [6, 6.07) is 7.66. The number of benzene rings is 1. The van der Waals surface area contributed by atoms with Crippen molar-refractivity contribution >= 4 is 27.3 Å². The molecular formula is C18H20N2O2S. The highest BCUT2D eigenvalue weighted by Crippen LogP contribution is 2.28. The number of nitrogens with one attached hydrogen (secondary N) is 1. The molecule has 1 aromatic heterocycles. The summed E-state index contributed by atoms with van der Waals surface area (Å²) in [5.41, 5.74) is 2.06. The van der Waals surface area contributed by atoms with E-state index in [1.807, 2.05) is 30.5 Å². The van der Waals surface area contributed by atoms with E-state index >= 15 is 0 Å². The highest BCUT2D eigenvalue weighted by Gasteiger charge is 2.19. The normalized spacial score (nSPS) is 22.1. The van der Waals surface area contributed by atoms with E-state index < -0.39 is 11.0 Å². The van der Waals surface area contributed by atoms with Crippen molar-refractivity contribution in [1.29, 1.82) is 0 Å². The van der Waals surface area contributed by atoms with Gasteiger partial charge in [0.25, 0.3) is 5.56 Å². The summed E-state index contributed by atoms with van der Waals surface area (Å²) in [7, 11) is 0.695. The second kappa shape index (κ2) is 6.26. The molecule has 0 spiro atoms. The summed E-state index contributed by atoms with van der Waals surface area (Å²) in [6.07, 6.45) is 9.79. The molecule has 0 radical (unpaired) electrons. The van der Waals surface area contributed by atoms with Crippen molar-refractivity contribution < 1.29 is 4.21 Å². The Bertz CT molecular complexity index is 896. The van der Waals surface area contributed by atoms with Crippen molar-refractivity contribution in [3.05, 3.63) is 64.6 Å². The fourth-order valence-electron chi connectivity index (χ4n) is 2.93. The van der Waals surface area contributed by atoms with E-state index in [0.29, 0.717) is 5.39 Å². The lowest BCUT2D eigenvalue weighted by Gasteiger charge is -2.24. The summed E-state index contributed by atoms with van der Waals surface area (Å²) >= 11 is 0. The van der Waals surface area contributed by atoms with Crippen LogP contribution in [-0.4, -0.2) is 21.1 Å². The van der Waals surface area contributed by atoms with E-state index in [2.05, 4.69) is 29.9 Å². The van der Waals surface area contributed by atoms with Crippen molar-refractivity contribution in [1.82, 2.24) is 9.29 Å². The highest BCUT2D eigenvalue weighted by molar-refractivity contribution is 7.82. The number of aryl methyl sites for hydroxylation is 1. The SMILES string of the molecule is CC1C=CC(c2cn(C)c(=O)c3ccccc23)=CC1NS(C)=O. The molecule has 1 aliphatic rings. The van der Waals surface area contributed by atoms with Gasteiger partial charge in [-0.25, -0.2) is 8.93 Å². The fourth-order valence-corrected chi connectivity index (χ4v) is 3.60. The number of aromatic nitrogens is 1. The van der Waals surface area contributed by atoms with Crippen LogP contribution >= 0.6 is 0 Å². The Morgan fingerprint density at radius 2 is 1.91 bits per heavy atom. The van der Waals surface area contributed by atoms with Crippen molar-refractivity contribution in [2.24, 2.45) is 13.0 Å². The van der Waals surface area contributed by atoms with Crippen LogP contribution in [0.1, 0.15) is 12.5 Å². The minimum atomic E-state index is -1.07. The van der Waals surface area contributed by atoms with Gasteiger partial charge in [0.1, 0.15) is 0 Å². The van der Waals surface area contributed by atoms with Gasteiger partial charge in [0.05, 0.1) is 11.0 Å². The average Bonchev–Trinajstić information content (AvgIpc) is 2.53. The Hall–Kier alpha value is -1.98. The lowest BCUT2D eigenvalue weighted by Crippen LogP contribution is -2.34. The monoisotopic (exact) mass is 328 g/mol. The number of rotatable bonds is 3. The van der Waals surface area contributed by atoms with Gasteiger partial charge in [-0.15, -0.1) is 0 Å². The molecule has 23 heavy (non-hydrogen) atoms. The first-order chi connectivity index (χ1) is 11.0. The van der Waals surface area contributed by atoms with E-state index in [1.54, 1.807) is 17.9 Å². The molecule has 3 atom stereocenters. The van der Waals surface area contributed by atoms with Gasteiger partial charge in [0, 0.05) is 36.5 Å². The van der Waals surface area contributed by atoms with Crippen molar-refractivity contribution in [3.63, 3.8) is 0 Å². The van der Waals surface area contributed by atoms with Crippen LogP contribution in [0.2, 0.25) is 0 Å². The summed E-state index contributed by atoms with van der Waals surface area (Å²) in [5.74, 6) is 0.265. The molecule has 1 heterocycles. The van der Waals surface area contributed by atoms with E-state index in [1.165, 1.54) is 0 Å². The molecule has 0 fully saturated rings. The van der Waals surface area contributed by atoms with Crippen LogP contribution in [0.5, 0.6) is 0 Å². The number of allylic oxidation sites excluding steroid dienone is 2. The summed E-state index contributed by atoms with van der Waals surface area (Å²) in [6.45, 7) is 2.09. The summed E-state index contributed by atoms with van der Waals surface area (Å²) in [4.78, 5) is 12.3. The maximum absolute atomic E-state index is 12.3. The first-order valence-corrected chi connectivity index (χ1v) is 9.11. The Kier molecular flexibility index (Phi) is 4.33. The van der Waals surface area contributed by atoms with Crippen molar-refractivity contribution in [3.8, 4) is 0 Å². The lowest BCUT2D eigenvalue weighted by atomic mass is 9.89. The van der Waals surface area contributed by atoms with Gasteiger partial charge in [0.15, 0.2) is 0 Å². The van der Waals surface area contributed by atoms with Gasteiger partial charge >= 0.3 is 0 Å². The van der Waals surface area contributed by atoms with Crippen LogP contribution in [0.3, 0.4) is 0 Å². The smallest absolute Gasteiger partial charge is 0.258 e. The largest absolute Gasteiger partial charge is 0.317 e. The van der Waals surface area contributed by atoms with Crippen LogP contribution in [0.4, 0.5) is 0 Å². The Balaban J connectivity index is 2.17. The number of hydrogen-bond donors (Lipinski definition) is 1. The number of hydrogen-bond acceptors (Lipinski definition) is 2. The number of fused-ring (bicyclic) bond motifs is 1. The molecule has 5 heteroatoms. The minimum absolute atomic E-state index is 0.00226. The third-order valence-corrected chi connectivity index (χ3v) is 4.81. The molecule has 2 aromatic rings. The van der Waals surface area contributed by atoms with Gasteiger partial charge in [-0.1, -0.05) is 43.4 Å². The van der Waals surface area contributed by atoms with E-state index in [9.17, 15) is 9.00 Å². The zero-order valence-electron chi connectivity index (χ0n) is 13.4. The molecule has 0 saturated heterocycles. The highest BCUT2D eigenvalue weighted by atomic mass is 32.2. The van der Waals surface area contributed by atoms with Crippen LogP contribution in [0.25, 0.3) is 16.3 Å². The minimum Gasteiger partial charge on any atom is -0.317 e. The van der Waals surface area contributed by atoms with Gasteiger partial charge in [0.2, 0.25) is 0 Å². The Morgan fingerprint density at radius 1 is 1.22 bits per heavy atom. The van der Waals surface area contributed by atoms with E-state index in [-0.39, 0.29) is 17.5 Å². The van der Waals surface area contributed by atoms with Gasteiger partial charge in [-0.2, -0.15) is 0 Å². The fraction of sp³-hybridized carbons (Fsp3) is 0.278. The first-order valence-electron chi connectivity index (χ1n) is 7.55. The topological polar surface area (TPSA) is 51.1 Å². The average molecular weight is 328 g/mol. The molecule has 1 N–H and O–H groups in total. The van der Waals surface area contributed by atoms with Crippen LogP contribution in [-0.2, 0) is 18.0 Å². The molecule has 4 nitrogen and oxygen atoms in total. The molecule has 120 valence electrons. The molecule has 1 aliphatic carbocycles. The van der Waals surface area contributed by atoms with Crippen LogP contribution in [0.15, 0.2) is 53.5 Å².